The van der Waals surface area contributed by atoms with Gasteiger partial charge < -0.3 is 4.52 Å². The summed E-state index contributed by atoms with van der Waals surface area (Å²) in [5.41, 5.74) is 1.04. The zero-order valence-electron chi connectivity index (χ0n) is 10.3. The Morgan fingerprint density at radius 2 is 1.75 bits per heavy atom. The third-order valence-electron chi connectivity index (χ3n) is 2.11. The number of pyridine rings is 1. The van der Waals surface area contributed by atoms with Crippen LogP contribution >= 0.6 is 7.67 Å². The molecule has 0 amide bonds. The summed E-state index contributed by atoms with van der Waals surface area (Å²) in [6, 6.07) is 3.59. The van der Waals surface area contributed by atoms with Crippen molar-refractivity contribution in [2.24, 2.45) is 0 Å². The second kappa shape index (κ2) is 4.95. The molecule has 1 aromatic heterocycles. The monoisotopic (exact) mass is 243 g/mol. The van der Waals surface area contributed by atoms with Crippen molar-refractivity contribution in [3.8, 4) is 5.88 Å². The fraction of sp³-hybridized carbons (Fsp3) is 0.500. The maximum atomic E-state index is 12.5. The summed E-state index contributed by atoms with van der Waals surface area (Å²) in [6.45, 7) is 1.94. The van der Waals surface area contributed by atoms with E-state index in [4.69, 9.17) is 4.52 Å². The SMILES string of the molecule is Cc1ccc(OP(=O)(N(C)C)N(C)C)nc1. The fourth-order valence-electron chi connectivity index (χ4n) is 1.15. The van der Waals surface area contributed by atoms with Crippen molar-refractivity contribution in [1.29, 1.82) is 0 Å². The summed E-state index contributed by atoms with van der Waals surface area (Å²) in [6.07, 6.45) is 1.69. The molecule has 0 aliphatic carbocycles. The predicted octanol–water partition coefficient (Wildman–Crippen LogP) is 2.00. The maximum Gasteiger partial charge on any atom is 0.395 e. The second-order valence-corrected chi connectivity index (χ2v) is 6.71. The third kappa shape index (κ3) is 2.82. The highest BCUT2D eigenvalue weighted by Gasteiger charge is 2.31. The molecule has 0 saturated heterocycles. The van der Waals surface area contributed by atoms with Gasteiger partial charge in [0, 0.05) is 12.3 Å². The summed E-state index contributed by atoms with van der Waals surface area (Å²) in [5.74, 6) is 0.372. The fourth-order valence-corrected chi connectivity index (χ4v) is 2.54. The highest BCUT2D eigenvalue weighted by atomic mass is 31.2. The molecule has 0 fully saturated rings. The first-order valence-corrected chi connectivity index (χ1v) is 6.47. The molecule has 1 heterocycles. The van der Waals surface area contributed by atoms with Crippen molar-refractivity contribution in [3.63, 3.8) is 0 Å². The molecule has 16 heavy (non-hydrogen) atoms. The molecular formula is C10H18N3O2P. The average molecular weight is 243 g/mol. The number of aromatic nitrogens is 1. The van der Waals surface area contributed by atoms with Gasteiger partial charge in [0.05, 0.1) is 0 Å². The zero-order valence-corrected chi connectivity index (χ0v) is 11.2. The van der Waals surface area contributed by atoms with Gasteiger partial charge in [0.1, 0.15) is 0 Å². The Bertz CT molecular complexity index is 378. The van der Waals surface area contributed by atoms with Crippen LogP contribution in [0.15, 0.2) is 18.3 Å². The summed E-state index contributed by atoms with van der Waals surface area (Å²) in [4.78, 5) is 4.08. The van der Waals surface area contributed by atoms with E-state index in [0.29, 0.717) is 5.88 Å². The first-order chi connectivity index (χ1) is 7.36. The molecular weight excluding hydrogens is 225 g/mol. The van der Waals surface area contributed by atoms with Gasteiger partial charge in [0.15, 0.2) is 0 Å². The zero-order chi connectivity index (χ0) is 12.3. The lowest BCUT2D eigenvalue weighted by Crippen LogP contribution is -2.24. The topological polar surface area (TPSA) is 45.7 Å². The number of hydrogen-bond acceptors (Lipinski definition) is 3. The van der Waals surface area contributed by atoms with E-state index in [2.05, 4.69) is 4.98 Å². The van der Waals surface area contributed by atoms with E-state index in [1.54, 1.807) is 49.8 Å². The van der Waals surface area contributed by atoms with Crippen molar-refractivity contribution in [1.82, 2.24) is 14.3 Å². The molecule has 0 aliphatic rings. The molecule has 1 rings (SSSR count). The molecule has 90 valence electrons. The van der Waals surface area contributed by atoms with E-state index in [-0.39, 0.29) is 0 Å². The van der Waals surface area contributed by atoms with Crippen LogP contribution in [0.4, 0.5) is 0 Å². The van der Waals surface area contributed by atoms with Crippen LogP contribution in [0.5, 0.6) is 5.88 Å². The highest BCUT2D eigenvalue weighted by molar-refractivity contribution is 7.54. The van der Waals surface area contributed by atoms with E-state index < -0.39 is 7.67 Å². The molecule has 0 unspecified atom stereocenters. The Labute approximate surface area is 96.6 Å². The van der Waals surface area contributed by atoms with Crippen molar-refractivity contribution in [2.45, 2.75) is 6.92 Å². The molecule has 0 aliphatic heterocycles. The summed E-state index contributed by atoms with van der Waals surface area (Å²) in [7, 11) is 3.87. The molecule has 5 nitrogen and oxygen atoms in total. The van der Waals surface area contributed by atoms with E-state index in [1.807, 2.05) is 13.0 Å². The normalized spacial score (nSPS) is 12.2. The predicted molar refractivity (Wildman–Crippen MR) is 64.6 cm³/mol. The first kappa shape index (κ1) is 13.2. The lowest BCUT2D eigenvalue weighted by atomic mass is 10.3. The largest absolute Gasteiger partial charge is 0.403 e. The molecule has 1 aromatic rings. The molecule has 0 atom stereocenters. The smallest absolute Gasteiger partial charge is 0.395 e. The summed E-state index contributed by atoms with van der Waals surface area (Å²) in [5, 5.41) is 0. The molecule has 0 saturated carbocycles. The molecule has 0 spiro atoms. The lowest BCUT2D eigenvalue weighted by molar-refractivity contribution is 0.349. The van der Waals surface area contributed by atoms with Gasteiger partial charge in [-0.1, -0.05) is 6.07 Å². The minimum Gasteiger partial charge on any atom is -0.403 e. The van der Waals surface area contributed by atoms with Gasteiger partial charge in [-0.15, -0.1) is 0 Å². The summed E-state index contributed by atoms with van der Waals surface area (Å²) >= 11 is 0. The Morgan fingerprint density at radius 3 is 2.12 bits per heavy atom. The van der Waals surface area contributed by atoms with Crippen LogP contribution < -0.4 is 4.52 Å². The Balaban J connectivity index is 2.93. The first-order valence-electron chi connectivity index (χ1n) is 4.94. The highest BCUT2D eigenvalue weighted by Crippen LogP contribution is 2.49. The van der Waals surface area contributed by atoms with Crippen LogP contribution in [-0.2, 0) is 4.57 Å². The van der Waals surface area contributed by atoms with Crippen molar-refractivity contribution < 1.29 is 9.09 Å². The van der Waals surface area contributed by atoms with Crippen molar-refractivity contribution in [2.75, 3.05) is 28.2 Å². The van der Waals surface area contributed by atoms with Gasteiger partial charge in [0.25, 0.3) is 0 Å². The van der Waals surface area contributed by atoms with Crippen LogP contribution in [0.25, 0.3) is 0 Å². The van der Waals surface area contributed by atoms with Gasteiger partial charge in [-0.25, -0.2) is 18.9 Å². The maximum absolute atomic E-state index is 12.5. The van der Waals surface area contributed by atoms with Crippen LogP contribution in [0.1, 0.15) is 5.56 Å². The van der Waals surface area contributed by atoms with Gasteiger partial charge in [-0.3, -0.25) is 0 Å². The van der Waals surface area contributed by atoms with Crippen molar-refractivity contribution >= 4 is 7.67 Å². The summed E-state index contributed by atoms with van der Waals surface area (Å²) < 4.78 is 21.1. The molecule has 6 heteroatoms. The molecule has 0 aromatic carbocycles. The Hall–Kier alpha value is -0.900. The minimum absolute atomic E-state index is 0.372. The Kier molecular flexibility index (Phi) is 4.08. The minimum atomic E-state index is -3.00. The van der Waals surface area contributed by atoms with E-state index in [9.17, 15) is 4.57 Å². The van der Waals surface area contributed by atoms with E-state index in [0.717, 1.165) is 5.56 Å². The number of hydrogen-bond donors (Lipinski definition) is 0. The lowest BCUT2D eigenvalue weighted by Gasteiger charge is -2.29. The van der Waals surface area contributed by atoms with Crippen LogP contribution in [0, 0.1) is 6.92 Å². The van der Waals surface area contributed by atoms with E-state index in [1.165, 1.54) is 0 Å². The average Bonchev–Trinajstić information content (AvgIpc) is 2.20. The third-order valence-corrected chi connectivity index (χ3v) is 4.55. The van der Waals surface area contributed by atoms with Crippen LogP contribution in [-0.4, -0.2) is 42.5 Å². The number of nitrogens with zero attached hydrogens (tertiary/aromatic N) is 3. The van der Waals surface area contributed by atoms with Gasteiger partial charge in [-0.2, -0.15) is 0 Å². The van der Waals surface area contributed by atoms with E-state index >= 15 is 0 Å². The van der Waals surface area contributed by atoms with Gasteiger partial charge in [0.2, 0.25) is 5.88 Å². The Morgan fingerprint density at radius 1 is 1.19 bits per heavy atom. The number of aryl methyl sites for hydroxylation is 1. The van der Waals surface area contributed by atoms with Crippen LogP contribution in [0.2, 0.25) is 0 Å². The molecule has 0 radical (unpaired) electrons. The van der Waals surface area contributed by atoms with Gasteiger partial charge in [-0.05, 0) is 40.7 Å². The van der Waals surface area contributed by atoms with Crippen molar-refractivity contribution in [3.05, 3.63) is 23.9 Å². The number of rotatable bonds is 4. The molecule has 0 N–H and O–H groups in total. The standard InChI is InChI=1S/C10H18N3O2P/c1-9-6-7-10(11-8-9)15-16(14,12(2)3)13(4)5/h6-8H,1-5H3. The van der Waals surface area contributed by atoms with Crippen LogP contribution in [0.3, 0.4) is 0 Å². The quantitative estimate of drug-likeness (QED) is 0.757. The molecule has 0 bridgehead atoms. The van der Waals surface area contributed by atoms with Gasteiger partial charge >= 0.3 is 7.67 Å². The second-order valence-electron chi connectivity index (χ2n) is 3.95.